The maximum atomic E-state index is 14.4. The van der Waals surface area contributed by atoms with Crippen LogP contribution in [0.4, 0.5) is 0 Å². The monoisotopic (exact) mass is 586 g/mol. The van der Waals surface area contributed by atoms with Gasteiger partial charge in [0.05, 0.1) is 23.2 Å². The number of benzene rings is 2. The lowest BCUT2D eigenvalue weighted by atomic mass is 9.43. The number of hydrogen-bond acceptors (Lipinski definition) is 11. The van der Waals surface area contributed by atoms with E-state index in [-0.39, 0.29) is 29.7 Å². The van der Waals surface area contributed by atoms with E-state index in [4.69, 9.17) is 17.2 Å². The van der Waals surface area contributed by atoms with E-state index in [1.807, 2.05) is 0 Å². The third-order valence-electron chi connectivity index (χ3n) is 9.02. The number of amides is 2. The summed E-state index contributed by atoms with van der Waals surface area (Å²) in [6.07, 6.45) is -0.659. The molecule has 3 aliphatic rings. The molecule has 0 aromatic heterocycles. The van der Waals surface area contributed by atoms with Crippen molar-refractivity contribution in [2.75, 3.05) is 14.1 Å². The molecule has 43 heavy (non-hydrogen) atoms. The summed E-state index contributed by atoms with van der Waals surface area (Å²) in [5.74, 6) is -10.8. The Hall–Kier alpha value is -4.77. The van der Waals surface area contributed by atoms with Crippen LogP contribution in [0.25, 0.3) is 0 Å². The highest BCUT2D eigenvalue weighted by Crippen LogP contribution is 2.56. The van der Waals surface area contributed by atoms with Gasteiger partial charge in [0.1, 0.15) is 11.7 Å². The van der Waals surface area contributed by atoms with Crippen LogP contribution in [0.3, 0.4) is 0 Å². The van der Waals surface area contributed by atoms with Gasteiger partial charge in [0.2, 0.25) is 5.91 Å². The molecule has 2 amide bonds. The minimum Gasteiger partial charge on any atom is -0.507 e. The zero-order valence-electron chi connectivity index (χ0n) is 23.4. The third-order valence-corrected chi connectivity index (χ3v) is 9.02. The molecule has 13 nitrogen and oxygen atoms in total. The second-order valence-electron chi connectivity index (χ2n) is 11.8. The predicted octanol–water partition coefficient (Wildman–Crippen LogP) is -1.26. The summed E-state index contributed by atoms with van der Waals surface area (Å²) in [6.45, 7) is -0.161. The van der Waals surface area contributed by atoms with Crippen molar-refractivity contribution in [2.45, 2.75) is 36.5 Å². The Morgan fingerprint density at radius 1 is 1.07 bits per heavy atom. The van der Waals surface area contributed by atoms with Crippen molar-refractivity contribution in [1.82, 2.24) is 10.2 Å². The summed E-state index contributed by atoms with van der Waals surface area (Å²) in [7, 11) is 2.87. The van der Waals surface area contributed by atoms with Crippen LogP contribution < -0.4 is 22.5 Å². The predicted molar refractivity (Wildman–Crippen MR) is 149 cm³/mol. The molecule has 0 radical (unpaired) electrons. The summed E-state index contributed by atoms with van der Waals surface area (Å²) < 4.78 is 0. The van der Waals surface area contributed by atoms with Crippen LogP contribution in [-0.2, 0) is 32.1 Å². The van der Waals surface area contributed by atoms with Crippen molar-refractivity contribution in [3.8, 4) is 11.8 Å². The molecular weight excluding hydrogens is 556 g/mol. The fourth-order valence-corrected chi connectivity index (χ4v) is 7.25. The number of nitrogens with two attached hydrogens (primary N) is 3. The smallest absolute Gasteiger partial charge is 0.251 e. The van der Waals surface area contributed by atoms with Crippen LogP contribution in [0.2, 0.25) is 0 Å². The highest BCUT2D eigenvalue weighted by Gasteiger charge is 2.78. The summed E-state index contributed by atoms with van der Waals surface area (Å²) in [5, 5.41) is 24.3. The lowest BCUT2D eigenvalue weighted by Gasteiger charge is -2.60. The van der Waals surface area contributed by atoms with Crippen molar-refractivity contribution in [3.05, 3.63) is 64.7 Å². The van der Waals surface area contributed by atoms with E-state index in [1.165, 1.54) is 31.1 Å². The molecule has 2 fully saturated rings. The van der Waals surface area contributed by atoms with Crippen LogP contribution in [0.5, 0.6) is 5.75 Å². The Kier molecular flexibility index (Phi) is 6.85. The van der Waals surface area contributed by atoms with Gasteiger partial charge in [0.15, 0.2) is 34.5 Å². The SMILES string of the molecule is CN(C)[C@@H]1C(=O)C(C(N)=O)C(=O)[C@@]2(C#N)C(=O)C3C(=O)c4c(ccc(CNC(=O)c5ccccc5)c4O)C[C@@]3(N)C[C@@]12N. The van der Waals surface area contributed by atoms with Gasteiger partial charge in [-0.2, -0.15) is 5.26 Å². The number of phenols is 1. The number of likely N-dealkylation sites (N-methyl/N-ethyl adjacent to an activating group) is 1. The number of ketones is 4. The molecule has 0 saturated heterocycles. The Bertz CT molecular complexity index is 1670. The first-order valence-electron chi connectivity index (χ1n) is 13.4. The topological polar surface area (TPSA) is 240 Å². The summed E-state index contributed by atoms with van der Waals surface area (Å²) >= 11 is 0. The number of carbonyl (C=O) groups is 6. The minimum atomic E-state index is -2.81. The molecule has 2 aromatic rings. The van der Waals surface area contributed by atoms with E-state index in [0.717, 1.165) is 0 Å². The van der Waals surface area contributed by atoms with Gasteiger partial charge in [-0.05, 0) is 44.6 Å². The molecule has 0 aliphatic heterocycles. The zero-order valence-corrected chi connectivity index (χ0v) is 23.4. The number of nitrogens with one attached hydrogen (secondary N) is 1. The van der Waals surface area contributed by atoms with E-state index >= 15 is 0 Å². The fraction of sp³-hybridized carbons (Fsp3) is 0.367. The molecule has 222 valence electrons. The van der Waals surface area contributed by atoms with Crippen molar-refractivity contribution in [2.24, 2.45) is 34.5 Å². The Balaban J connectivity index is 1.59. The van der Waals surface area contributed by atoms with Crippen LogP contribution in [-0.4, -0.2) is 76.2 Å². The molecule has 6 atom stereocenters. The quantitative estimate of drug-likeness (QED) is 0.259. The van der Waals surface area contributed by atoms with Gasteiger partial charge in [-0.1, -0.05) is 30.3 Å². The number of rotatable bonds is 5. The Labute approximate surface area is 246 Å². The molecular formula is C30H30N6O7. The number of nitriles is 1. The summed E-state index contributed by atoms with van der Waals surface area (Å²) in [5.41, 5.74) is 12.7. The van der Waals surface area contributed by atoms with Gasteiger partial charge in [-0.25, -0.2) is 0 Å². The van der Waals surface area contributed by atoms with Crippen LogP contribution in [0, 0.1) is 28.6 Å². The maximum absolute atomic E-state index is 14.4. The molecule has 3 aliphatic carbocycles. The fourth-order valence-electron chi connectivity index (χ4n) is 7.25. The standard InChI is InChI=1S/C30H30N6O7/c1-36(2)23-22(39)18(26(32)42)24(40)29(13-31)25(41)19-21(38)17-15(10-28(19,33)12-30(23,29)34)8-9-16(20(17)37)11-35-27(43)14-6-4-3-5-7-14/h3-9,18-19,23,37H,10-12,33-34H2,1-2H3,(H2,32,42)(H,35,43)/t18?,19?,23-,28-,29+,30-/m1/s1. The highest BCUT2D eigenvalue weighted by atomic mass is 16.3. The van der Waals surface area contributed by atoms with E-state index < -0.39 is 81.5 Å². The van der Waals surface area contributed by atoms with Crippen molar-refractivity contribution >= 4 is 34.9 Å². The van der Waals surface area contributed by atoms with E-state index in [1.54, 1.807) is 36.4 Å². The second-order valence-corrected chi connectivity index (χ2v) is 11.8. The van der Waals surface area contributed by atoms with Crippen LogP contribution >= 0.6 is 0 Å². The average molecular weight is 587 g/mol. The van der Waals surface area contributed by atoms with Gasteiger partial charge in [0.25, 0.3) is 5.91 Å². The Morgan fingerprint density at radius 2 is 1.72 bits per heavy atom. The van der Waals surface area contributed by atoms with Crippen LogP contribution in [0.1, 0.15) is 38.3 Å². The van der Waals surface area contributed by atoms with Gasteiger partial charge in [-0.3, -0.25) is 33.7 Å². The molecule has 8 N–H and O–H groups in total. The lowest BCUT2D eigenvalue weighted by molar-refractivity contribution is -0.166. The number of carbonyl (C=O) groups excluding carboxylic acids is 6. The van der Waals surface area contributed by atoms with E-state index in [0.29, 0.717) is 5.56 Å². The first-order valence-corrected chi connectivity index (χ1v) is 13.4. The maximum Gasteiger partial charge on any atom is 0.251 e. The van der Waals surface area contributed by atoms with Gasteiger partial charge in [0, 0.05) is 23.2 Å². The molecule has 2 aromatic carbocycles. The van der Waals surface area contributed by atoms with Crippen LogP contribution in [0.15, 0.2) is 42.5 Å². The Morgan fingerprint density at radius 3 is 2.30 bits per heavy atom. The molecule has 5 rings (SSSR count). The summed E-state index contributed by atoms with van der Waals surface area (Å²) in [6, 6.07) is 11.6. The number of aromatic hydroxyl groups is 1. The zero-order chi connectivity index (χ0) is 31.6. The van der Waals surface area contributed by atoms with Gasteiger partial charge in [-0.15, -0.1) is 0 Å². The largest absolute Gasteiger partial charge is 0.507 e. The number of hydrogen-bond donors (Lipinski definition) is 5. The van der Waals surface area contributed by atoms with E-state index in [2.05, 4.69) is 5.32 Å². The lowest BCUT2D eigenvalue weighted by Crippen LogP contribution is -2.85. The highest BCUT2D eigenvalue weighted by molar-refractivity contribution is 6.33. The van der Waals surface area contributed by atoms with Gasteiger partial charge >= 0.3 is 0 Å². The number of primary amides is 1. The third kappa shape index (κ3) is 3.94. The second kappa shape index (κ2) is 9.91. The first kappa shape index (κ1) is 29.7. The van der Waals surface area contributed by atoms with Crippen molar-refractivity contribution in [1.29, 1.82) is 5.26 Å². The molecule has 0 spiro atoms. The van der Waals surface area contributed by atoms with Gasteiger partial charge < -0.3 is 27.6 Å². The minimum absolute atomic E-state index is 0.161. The molecule has 2 saturated carbocycles. The van der Waals surface area contributed by atoms with Crippen molar-refractivity contribution < 1.29 is 33.9 Å². The number of phenolic OH excluding ortho intramolecular Hbond substituents is 1. The van der Waals surface area contributed by atoms with E-state index in [9.17, 15) is 39.1 Å². The summed E-state index contributed by atoms with van der Waals surface area (Å²) in [4.78, 5) is 81.7. The van der Waals surface area contributed by atoms with Crippen molar-refractivity contribution in [3.63, 3.8) is 0 Å². The molecule has 13 heteroatoms. The average Bonchev–Trinajstić information content (AvgIpc) is 2.91. The first-order chi connectivity index (χ1) is 20.2. The molecule has 0 heterocycles. The number of Topliss-reactive ketones (excluding diaryl/α,β-unsaturated/α-hetero) is 4. The number of nitrogens with zero attached hydrogens (tertiary/aromatic N) is 2. The normalized spacial score (nSPS) is 31.5. The number of fused-ring (bicyclic) bond motifs is 3. The molecule has 0 bridgehead atoms. The molecule has 2 unspecified atom stereocenters.